The average molecular weight is 613 g/mol. The van der Waals surface area contributed by atoms with E-state index in [0.717, 1.165) is 17.6 Å². The van der Waals surface area contributed by atoms with Gasteiger partial charge in [0.2, 0.25) is 0 Å². The number of benzene rings is 3. The first-order valence-corrected chi connectivity index (χ1v) is 14.4. The van der Waals surface area contributed by atoms with Crippen LogP contribution in [0.1, 0.15) is 46.8 Å². The van der Waals surface area contributed by atoms with Crippen LogP contribution >= 0.6 is 0 Å². The summed E-state index contributed by atoms with van der Waals surface area (Å²) in [5, 5.41) is 40.7. The number of hydrazone groups is 1. The SMILES string of the molecule is O=C(c1ccc(N2CCOCC2)c([N+](=O)[O-])c1)N1N=C2/C(=C\c3ccc([N+](=O)[O-])cc3)CCCC2C1c1ccc([N+](=O)[O-])cc1. The lowest BCUT2D eigenvalue weighted by Crippen LogP contribution is -2.36. The number of nitro benzene ring substituents is 3. The zero-order valence-corrected chi connectivity index (χ0v) is 24.0. The molecule has 1 saturated heterocycles. The largest absolute Gasteiger partial charge is 0.378 e. The second-order valence-electron chi connectivity index (χ2n) is 11.0. The van der Waals surface area contributed by atoms with Gasteiger partial charge >= 0.3 is 0 Å². The molecule has 45 heavy (non-hydrogen) atoms. The van der Waals surface area contributed by atoms with Gasteiger partial charge in [0.05, 0.1) is 39.7 Å². The summed E-state index contributed by atoms with van der Waals surface area (Å²) < 4.78 is 5.38. The summed E-state index contributed by atoms with van der Waals surface area (Å²) in [6, 6.07) is 15.9. The van der Waals surface area contributed by atoms with Crippen LogP contribution in [0.5, 0.6) is 0 Å². The first kappa shape index (κ1) is 29.6. The van der Waals surface area contributed by atoms with Crippen LogP contribution in [0.4, 0.5) is 22.7 Å². The van der Waals surface area contributed by atoms with Crippen LogP contribution in [0.15, 0.2) is 77.4 Å². The monoisotopic (exact) mass is 612 g/mol. The summed E-state index contributed by atoms with van der Waals surface area (Å²) in [6.07, 6.45) is 4.05. The Balaban J connectivity index is 1.40. The predicted molar refractivity (Wildman–Crippen MR) is 164 cm³/mol. The molecule has 6 rings (SSSR count). The van der Waals surface area contributed by atoms with E-state index in [0.29, 0.717) is 56.1 Å². The molecule has 0 spiro atoms. The minimum absolute atomic E-state index is 0.0272. The molecule has 2 atom stereocenters. The van der Waals surface area contributed by atoms with E-state index in [1.165, 1.54) is 35.3 Å². The number of nitrogens with zero attached hydrogens (tertiary/aromatic N) is 6. The normalized spacial score (nSPS) is 20.4. The van der Waals surface area contributed by atoms with Gasteiger partial charge in [-0.1, -0.05) is 12.1 Å². The lowest BCUT2D eigenvalue weighted by atomic mass is 9.77. The van der Waals surface area contributed by atoms with Gasteiger partial charge in [-0.2, -0.15) is 5.10 Å². The second kappa shape index (κ2) is 12.2. The van der Waals surface area contributed by atoms with Gasteiger partial charge in [-0.3, -0.25) is 35.1 Å². The number of ether oxygens (including phenoxy) is 1. The fourth-order valence-corrected chi connectivity index (χ4v) is 6.19. The van der Waals surface area contributed by atoms with Crippen LogP contribution in [-0.4, -0.2) is 57.7 Å². The van der Waals surface area contributed by atoms with E-state index in [4.69, 9.17) is 9.84 Å². The summed E-state index contributed by atoms with van der Waals surface area (Å²) >= 11 is 0. The Kier molecular flexibility index (Phi) is 8.04. The zero-order chi connectivity index (χ0) is 31.7. The van der Waals surface area contributed by atoms with Crippen LogP contribution in [0.2, 0.25) is 0 Å². The van der Waals surface area contributed by atoms with Gasteiger partial charge in [-0.25, -0.2) is 5.01 Å². The number of carbonyl (C=O) groups is 1. The molecular formula is C31H28N6O8. The first-order valence-electron chi connectivity index (χ1n) is 14.4. The van der Waals surface area contributed by atoms with Crippen LogP contribution in [0.3, 0.4) is 0 Å². The molecule has 0 aromatic heterocycles. The topological polar surface area (TPSA) is 175 Å². The molecule has 2 unspecified atom stereocenters. The highest BCUT2D eigenvalue weighted by atomic mass is 16.6. The maximum absolute atomic E-state index is 14.1. The fraction of sp³-hybridized carbons (Fsp3) is 0.290. The molecule has 230 valence electrons. The number of hydrogen-bond acceptors (Lipinski definition) is 10. The Morgan fingerprint density at radius 1 is 0.867 bits per heavy atom. The van der Waals surface area contributed by atoms with E-state index < -0.39 is 26.7 Å². The first-order chi connectivity index (χ1) is 21.7. The third-order valence-electron chi connectivity index (χ3n) is 8.37. The highest BCUT2D eigenvalue weighted by Crippen LogP contribution is 2.45. The summed E-state index contributed by atoms with van der Waals surface area (Å²) in [5.41, 5.74) is 3.12. The van der Waals surface area contributed by atoms with Crippen molar-refractivity contribution in [1.29, 1.82) is 0 Å². The maximum Gasteiger partial charge on any atom is 0.293 e. The molecule has 14 heteroatoms. The van der Waals surface area contributed by atoms with Gasteiger partial charge in [-0.05, 0) is 66.3 Å². The second-order valence-corrected chi connectivity index (χ2v) is 11.0. The fourth-order valence-electron chi connectivity index (χ4n) is 6.19. The smallest absolute Gasteiger partial charge is 0.293 e. The zero-order valence-electron chi connectivity index (χ0n) is 24.0. The molecule has 0 bridgehead atoms. The molecule has 1 amide bonds. The van der Waals surface area contributed by atoms with Crippen molar-refractivity contribution in [2.75, 3.05) is 31.2 Å². The number of allylic oxidation sites excluding steroid dienone is 1. The number of non-ortho nitro benzene ring substituents is 2. The van der Waals surface area contributed by atoms with E-state index >= 15 is 0 Å². The highest BCUT2D eigenvalue weighted by molar-refractivity contribution is 6.09. The predicted octanol–water partition coefficient (Wildman–Crippen LogP) is 5.68. The molecule has 2 aliphatic heterocycles. The van der Waals surface area contributed by atoms with E-state index in [-0.39, 0.29) is 28.5 Å². The van der Waals surface area contributed by atoms with Crippen LogP contribution in [0, 0.1) is 36.3 Å². The Morgan fingerprint density at radius 2 is 1.51 bits per heavy atom. The van der Waals surface area contributed by atoms with Crippen molar-refractivity contribution in [3.05, 3.63) is 119 Å². The Morgan fingerprint density at radius 3 is 2.13 bits per heavy atom. The Bertz CT molecular complexity index is 1730. The van der Waals surface area contributed by atoms with Crippen molar-refractivity contribution in [2.24, 2.45) is 11.0 Å². The van der Waals surface area contributed by atoms with E-state index in [2.05, 4.69) is 0 Å². The van der Waals surface area contributed by atoms with E-state index in [9.17, 15) is 35.1 Å². The number of morpholine rings is 1. The van der Waals surface area contributed by atoms with E-state index in [1.54, 1.807) is 36.4 Å². The number of rotatable bonds is 7. The quantitative estimate of drug-likeness (QED) is 0.240. The molecule has 1 saturated carbocycles. The van der Waals surface area contributed by atoms with Gasteiger partial charge in [0.15, 0.2) is 0 Å². The maximum atomic E-state index is 14.1. The molecule has 14 nitrogen and oxygen atoms in total. The minimum Gasteiger partial charge on any atom is -0.378 e. The van der Waals surface area contributed by atoms with Crippen molar-refractivity contribution < 1.29 is 24.3 Å². The van der Waals surface area contributed by atoms with Gasteiger partial charge in [0, 0.05) is 54.9 Å². The number of carbonyl (C=O) groups excluding carboxylic acids is 1. The van der Waals surface area contributed by atoms with Crippen LogP contribution < -0.4 is 4.90 Å². The summed E-state index contributed by atoms with van der Waals surface area (Å²) in [7, 11) is 0. The number of hydrogen-bond donors (Lipinski definition) is 0. The third kappa shape index (κ3) is 5.87. The Hall–Kier alpha value is -5.50. The van der Waals surface area contributed by atoms with Crippen LogP contribution in [0.25, 0.3) is 6.08 Å². The van der Waals surface area contributed by atoms with E-state index in [1.807, 2.05) is 11.0 Å². The molecule has 0 radical (unpaired) electrons. The molecule has 0 N–H and O–H groups in total. The summed E-state index contributed by atoms with van der Waals surface area (Å²) in [6.45, 7) is 1.86. The number of amides is 1. The molecular weight excluding hydrogens is 584 g/mol. The van der Waals surface area contributed by atoms with Gasteiger partial charge in [-0.15, -0.1) is 0 Å². The standard InChI is InChI=1S/C31H28N6O8/c38-31(23-8-13-27(28(19-23)37(43)44)33-14-16-45-17-15-33)34-30(21-6-11-25(12-7-21)36(41)42)26-3-1-2-22(29(26)32-34)18-20-4-9-24(10-5-20)35(39)40/h4-13,18-19,26,30H,1-3,14-17H2/b22-18-. The number of anilines is 1. The van der Waals surface area contributed by atoms with Crippen molar-refractivity contribution >= 4 is 40.4 Å². The molecule has 2 fully saturated rings. The molecule has 3 aromatic rings. The average Bonchev–Trinajstić information content (AvgIpc) is 3.45. The van der Waals surface area contributed by atoms with Crippen molar-refractivity contribution in [2.45, 2.75) is 25.3 Å². The molecule has 3 aromatic carbocycles. The number of fused-ring (bicyclic) bond motifs is 1. The molecule has 2 heterocycles. The lowest BCUT2D eigenvalue weighted by molar-refractivity contribution is -0.385. The van der Waals surface area contributed by atoms with Gasteiger partial charge in [0.25, 0.3) is 23.0 Å². The third-order valence-corrected chi connectivity index (χ3v) is 8.37. The van der Waals surface area contributed by atoms with Crippen molar-refractivity contribution in [3.8, 4) is 0 Å². The van der Waals surface area contributed by atoms with Gasteiger partial charge in [0.1, 0.15) is 5.69 Å². The molecule has 3 aliphatic rings. The summed E-state index contributed by atoms with van der Waals surface area (Å²) in [4.78, 5) is 49.1. The summed E-state index contributed by atoms with van der Waals surface area (Å²) in [5.74, 6) is -0.775. The van der Waals surface area contributed by atoms with Gasteiger partial charge < -0.3 is 9.64 Å². The van der Waals surface area contributed by atoms with Crippen molar-refractivity contribution in [3.63, 3.8) is 0 Å². The highest BCUT2D eigenvalue weighted by Gasteiger charge is 2.44. The minimum atomic E-state index is -0.605. The van der Waals surface area contributed by atoms with Crippen LogP contribution in [-0.2, 0) is 4.74 Å². The molecule has 1 aliphatic carbocycles. The number of nitro groups is 3. The van der Waals surface area contributed by atoms with Crippen molar-refractivity contribution in [1.82, 2.24) is 5.01 Å². The lowest BCUT2D eigenvalue weighted by Gasteiger charge is -2.30. The Labute approximate surface area is 256 Å².